The van der Waals surface area contributed by atoms with Crippen LogP contribution in [0.1, 0.15) is 40.4 Å². The average molecular weight is 417 g/mol. The Morgan fingerprint density at radius 1 is 1.28 bits per heavy atom. The van der Waals surface area contributed by atoms with Gasteiger partial charge in [0.25, 0.3) is 5.91 Å². The molecule has 150 valence electrons. The van der Waals surface area contributed by atoms with Crippen LogP contribution in [0.4, 0.5) is 19.7 Å². The van der Waals surface area contributed by atoms with Gasteiger partial charge in [0.05, 0.1) is 11.6 Å². The van der Waals surface area contributed by atoms with Gasteiger partial charge in [-0.05, 0) is 54.7 Å². The molecule has 0 radical (unpaired) electrons. The Kier molecular flexibility index (Phi) is 5.61. The fourth-order valence-electron chi connectivity index (χ4n) is 3.31. The number of amides is 1. The van der Waals surface area contributed by atoms with Crippen LogP contribution in [-0.2, 0) is 6.42 Å². The monoisotopic (exact) mass is 417 g/mol. The topological polar surface area (TPSA) is 89.0 Å². The van der Waals surface area contributed by atoms with Crippen LogP contribution >= 0.6 is 11.3 Å². The highest BCUT2D eigenvalue weighted by Crippen LogP contribution is 2.34. The molecular weight excluding hydrogens is 400 g/mol. The van der Waals surface area contributed by atoms with Crippen molar-refractivity contribution in [3.05, 3.63) is 58.7 Å². The highest BCUT2D eigenvalue weighted by Gasteiger charge is 2.21. The Morgan fingerprint density at radius 3 is 2.90 bits per heavy atom. The summed E-state index contributed by atoms with van der Waals surface area (Å²) in [5.74, 6) is 0.488. The molecule has 1 aliphatic carbocycles. The molecule has 29 heavy (non-hydrogen) atoms. The first-order valence-corrected chi connectivity index (χ1v) is 9.84. The van der Waals surface area contributed by atoms with Gasteiger partial charge in [-0.1, -0.05) is 17.4 Å². The predicted molar refractivity (Wildman–Crippen MR) is 104 cm³/mol. The Balaban J connectivity index is 1.44. The van der Waals surface area contributed by atoms with E-state index in [4.69, 9.17) is 0 Å². The first-order chi connectivity index (χ1) is 14.1. The molecule has 0 aliphatic heterocycles. The van der Waals surface area contributed by atoms with Crippen LogP contribution in [0, 0.1) is 0 Å². The van der Waals surface area contributed by atoms with E-state index in [9.17, 15) is 13.6 Å². The second-order valence-corrected chi connectivity index (χ2v) is 7.29. The van der Waals surface area contributed by atoms with Crippen molar-refractivity contribution in [3.63, 3.8) is 0 Å². The minimum Gasteiger partial charge on any atom is -0.435 e. The van der Waals surface area contributed by atoms with E-state index >= 15 is 0 Å². The summed E-state index contributed by atoms with van der Waals surface area (Å²) < 4.78 is 29.4. The molecule has 10 heteroatoms. The van der Waals surface area contributed by atoms with E-state index in [0.717, 1.165) is 30.4 Å². The Bertz CT molecular complexity index is 983. The molecule has 0 spiro atoms. The summed E-state index contributed by atoms with van der Waals surface area (Å²) in [5.41, 5.74) is 3.96. The van der Waals surface area contributed by atoms with Crippen molar-refractivity contribution in [2.24, 2.45) is 0 Å². The minimum absolute atomic E-state index is 0.00733. The lowest BCUT2D eigenvalue weighted by Gasteiger charge is -2.27. The van der Waals surface area contributed by atoms with Crippen molar-refractivity contribution >= 4 is 28.2 Å². The summed E-state index contributed by atoms with van der Waals surface area (Å²) in [4.78, 5) is 16.5. The molecule has 4 rings (SSSR count). The van der Waals surface area contributed by atoms with E-state index in [1.807, 2.05) is 6.07 Å². The Hall–Kier alpha value is -3.14. The fraction of sp³-hybridized carbons (Fsp3) is 0.263. The van der Waals surface area contributed by atoms with E-state index in [0.29, 0.717) is 16.5 Å². The second-order valence-electron chi connectivity index (χ2n) is 6.46. The molecule has 0 saturated carbocycles. The minimum atomic E-state index is -2.84. The van der Waals surface area contributed by atoms with Gasteiger partial charge in [0.1, 0.15) is 17.1 Å². The van der Waals surface area contributed by atoms with Crippen LogP contribution in [0.2, 0.25) is 0 Å². The molecule has 1 unspecified atom stereocenters. The smallest absolute Gasteiger partial charge is 0.387 e. The van der Waals surface area contributed by atoms with Crippen molar-refractivity contribution in [1.29, 1.82) is 0 Å². The van der Waals surface area contributed by atoms with E-state index in [1.165, 1.54) is 23.0 Å². The first kappa shape index (κ1) is 19.2. The molecule has 2 N–H and O–H groups in total. The third-order valence-corrected chi connectivity index (χ3v) is 5.19. The van der Waals surface area contributed by atoms with Gasteiger partial charge >= 0.3 is 6.61 Å². The van der Waals surface area contributed by atoms with Crippen LogP contribution in [-0.4, -0.2) is 27.7 Å². The van der Waals surface area contributed by atoms with Crippen molar-refractivity contribution < 1.29 is 18.3 Å². The SMILES string of the molecule is O=C(Nc1nncs1)c1ccc(NC2CCCc3cc(OC(F)F)ccc32)nc1. The normalized spacial score (nSPS) is 15.6. The van der Waals surface area contributed by atoms with Gasteiger partial charge in [-0.25, -0.2) is 4.98 Å². The van der Waals surface area contributed by atoms with Crippen LogP contribution in [0.3, 0.4) is 0 Å². The van der Waals surface area contributed by atoms with E-state index in [1.54, 1.807) is 24.3 Å². The number of nitrogens with one attached hydrogen (secondary N) is 2. The van der Waals surface area contributed by atoms with Gasteiger partial charge in [0.15, 0.2) is 0 Å². The molecule has 0 saturated heterocycles. The fourth-order valence-corrected chi connectivity index (χ4v) is 3.75. The quantitative estimate of drug-likeness (QED) is 0.622. The van der Waals surface area contributed by atoms with Crippen molar-refractivity contribution in [2.75, 3.05) is 10.6 Å². The number of nitrogens with zero attached hydrogens (tertiary/aromatic N) is 3. The molecule has 1 atom stereocenters. The Morgan fingerprint density at radius 2 is 2.17 bits per heavy atom. The molecule has 1 aromatic carbocycles. The van der Waals surface area contributed by atoms with Crippen molar-refractivity contribution in [3.8, 4) is 5.75 Å². The van der Waals surface area contributed by atoms with Gasteiger partial charge in [-0.3, -0.25) is 10.1 Å². The maximum atomic E-state index is 12.4. The van der Waals surface area contributed by atoms with Gasteiger partial charge in [-0.2, -0.15) is 8.78 Å². The zero-order chi connectivity index (χ0) is 20.2. The third-order valence-electron chi connectivity index (χ3n) is 4.58. The maximum Gasteiger partial charge on any atom is 0.387 e. The maximum absolute atomic E-state index is 12.4. The summed E-state index contributed by atoms with van der Waals surface area (Å²) in [6.07, 6.45) is 4.11. The summed E-state index contributed by atoms with van der Waals surface area (Å²) in [7, 11) is 0. The molecular formula is C19H17F2N5O2S. The highest BCUT2D eigenvalue weighted by atomic mass is 32.1. The number of anilines is 2. The molecule has 0 fully saturated rings. The van der Waals surface area contributed by atoms with Gasteiger partial charge in [-0.15, -0.1) is 10.2 Å². The van der Waals surface area contributed by atoms with Crippen LogP contribution in [0.5, 0.6) is 5.75 Å². The lowest BCUT2D eigenvalue weighted by atomic mass is 9.87. The van der Waals surface area contributed by atoms with Crippen LogP contribution in [0.25, 0.3) is 0 Å². The summed E-state index contributed by atoms with van der Waals surface area (Å²) in [6.45, 7) is -2.84. The van der Waals surface area contributed by atoms with E-state index < -0.39 is 6.61 Å². The predicted octanol–water partition coefficient (Wildman–Crippen LogP) is 4.28. The lowest BCUT2D eigenvalue weighted by molar-refractivity contribution is -0.0499. The number of alkyl halides is 2. The number of hydrogen-bond acceptors (Lipinski definition) is 7. The largest absolute Gasteiger partial charge is 0.435 e. The standard InChI is InChI=1S/C19H17F2N5O2S/c20-18(21)28-13-5-6-14-11(8-13)2-1-3-15(14)24-16-7-4-12(9-22-16)17(27)25-19-26-23-10-29-19/h4-10,15,18H,1-3H2,(H,22,24)(H,25,26,27). The molecule has 2 heterocycles. The zero-order valence-corrected chi connectivity index (χ0v) is 16.0. The number of ether oxygens (including phenoxy) is 1. The number of fused-ring (bicyclic) bond motifs is 1. The first-order valence-electron chi connectivity index (χ1n) is 8.96. The number of benzene rings is 1. The van der Waals surface area contributed by atoms with Crippen molar-refractivity contribution in [1.82, 2.24) is 15.2 Å². The number of carbonyl (C=O) groups is 1. The van der Waals surface area contributed by atoms with Crippen LogP contribution < -0.4 is 15.4 Å². The molecule has 1 amide bonds. The highest BCUT2D eigenvalue weighted by molar-refractivity contribution is 7.13. The summed E-state index contributed by atoms with van der Waals surface area (Å²) in [5, 5.41) is 13.9. The summed E-state index contributed by atoms with van der Waals surface area (Å²) >= 11 is 1.23. The summed E-state index contributed by atoms with van der Waals surface area (Å²) in [6, 6.07) is 8.46. The van der Waals surface area contributed by atoms with Gasteiger partial charge in [0, 0.05) is 6.20 Å². The van der Waals surface area contributed by atoms with Crippen molar-refractivity contribution in [2.45, 2.75) is 31.9 Å². The van der Waals surface area contributed by atoms with Gasteiger partial charge in [0.2, 0.25) is 5.13 Å². The lowest BCUT2D eigenvalue weighted by Crippen LogP contribution is -2.18. The molecule has 7 nitrogen and oxygen atoms in total. The van der Waals surface area contributed by atoms with E-state index in [-0.39, 0.29) is 17.7 Å². The number of carbonyl (C=O) groups excluding carboxylic acids is 1. The van der Waals surface area contributed by atoms with Crippen LogP contribution in [0.15, 0.2) is 42.0 Å². The molecule has 3 aromatic rings. The number of aryl methyl sites for hydroxylation is 1. The molecule has 1 aliphatic rings. The number of pyridine rings is 1. The zero-order valence-electron chi connectivity index (χ0n) is 15.1. The number of rotatable bonds is 6. The second kappa shape index (κ2) is 8.48. The number of halogens is 2. The third kappa shape index (κ3) is 4.65. The Labute approximate surface area is 169 Å². The van der Waals surface area contributed by atoms with Gasteiger partial charge < -0.3 is 10.1 Å². The molecule has 2 aromatic heterocycles. The number of hydrogen-bond donors (Lipinski definition) is 2. The number of aromatic nitrogens is 3. The van der Waals surface area contributed by atoms with E-state index in [2.05, 4.69) is 30.6 Å². The average Bonchev–Trinajstić information content (AvgIpc) is 3.21. The molecule has 0 bridgehead atoms.